The van der Waals surface area contributed by atoms with Gasteiger partial charge < -0.3 is 20.0 Å². The minimum absolute atomic E-state index is 0.114. The second-order valence-corrected chi connectivity index (χ2v) is 4.27. The molecule has 3 rings (SSSR count). The summed E-state index contributed by atoms with van der Waals surface area (Å²) in [4.78, 5) is 0. The van der Waals surface area contributed by atoms with Gasteiger partial charge in [-0.15, -0.1) is 0 Å². The first-order valence-electron chi connectivity index (χ1n) is 5.91. The van der Waals surface area contributed by atoms with Crippen LogP contribution in [0, 0.1) is 0 Å². The zero-order valence-corrected chi connectivity index (χ0v) is 10.2. The Kier molecular flexibility index (Phi) is 2.76. The fraction of sp³-hybridized carbons (Fsp3) is 0.0667. The van der Waals surface area contributed by atoms with E-state index in [1.165, 1.54) is 0 Å². The number of phenols is 1. The molecule has 0 saturated carbocycles. The smallest absolute Gasteiger partial charge is 0.161 e. The fourth-order valence-electron chi connectivity index (χ4n) is 1.90. The number of fused-ring (bicyclic) bond motifs is 1. The molecule has 0 radical (unpaired) electrons. The van der Waals surface area contributed by atoms with Crippen LogP contribution in [0.4, 0.5) is 5.69 Å². The quantitative estimate of drug-likeness (QED) is 0.704. The van der Waals surface area contributed by atoms with E-state index >= 15 is 0 Å². The highest BCUT2D eigenvalue weighted by molar-refractivity contribution is 5.81. The third-order valence-corrected chi connectivity index (χ3v) is 2.83. The SMILES string of the molecule is Nc1ccc2cc(COc3ccccc3O)oc2c1. The maximum Gasteiger partial charge on any atom is 0.161 e. The zero-order valence-electron chi connectivity index (χ0n) is 10.2. The summed E-state index contributed by atoms with van der Waals surface area (Å²) in [5, 5.41) is 10.6. The van der Waals surface area contributed by atoms with Gasteiger partial charge in [-0.3, -0.25) is 0 Å². The minimum Gasteiger partial charge on any atom is -0.504 e. The first-order valence-corrected chi connectivity index (χ1v) is 5.91. The molecule has 0 atom stereocenters. The molecule has 0 aliphatic heterocycles. The number of anilines is 1. The predicted molar refractivity (Wildman–Crippen MR) is 73.1 cm³/mol. The first kappa shape index (κ1) is 11.5. The summed E-state index contributed by atoms with van der Waals surface area (Å²) >= 11 is 0. The van der Waals surface area contributed by atoms with E-state index in [-0.39, 0.29) is 12.4 Å². The molecule has 0 aliphatic rings. The van der Waals surface area contributed by atoms with Gasteiger partial charge in [0.25, 0.3) is 0 Å². The number of nitrogens with two attached hydrogens (primary N) is 1. The molecular formula is C15H13NO3. The molecule has 0 bridgehead atoms. The maximum absolute atomic E-state index is 9.59. The van der Waals surface area contributed by atoms with Gasteiger partial charge in [0.1, 0.15) is 18.0 Å². The van der Waals surface area contributed by atoms with E-state index in [1.807, 2.05) is 18.2 Å². The molecule has 96 valence electrons. The van der Waals surface area contributed by atoms with E-state index < -0.39 is 0 Å². The number of ether oxygens (including phenoxy) is 1. The number of aromatic hydroxyl groups is 1. The van der Waals surface area contributed by atoms with Crippen LogP contribution in [0.2, 0.25) is 0 Å². The molecule has 0 fully saturated rings. The minimum atomic E-state index is 0.114. The van der Waals surface area contributed by atoms with Crippen LogP contribution < -0.4 is 10.5 Å². The molecule has 0 spiro atoms. The van der Waals surface area contributed by atoms with Gasteiger partial charge in [-0.1, -0.05) is 12.1 Å². The normalized spacial score (nSPS) is 10.7. The van der Waals surface area contributed by atoms with E-state index in [9.17, 15) is 5.11 Å². The fourth-order valence-corrected chi connectivity index (χ4v) is 1.90. The largest absolute Gasteiger partial charge is 0.504 e. The molecule has 3 aromatic rings. The number of para-hydroxylation sites is 2. The maximum atomic E-state index is 9.59. The molecule has 1 aromatic heterocycles. The zero-order chi connectivity index (χ0) is 13.2. The lowest BCUT2D eigenvalue weighted by molar-refractivity contribution is 0.262. The van der Waals surface area contributed by atoms with Crippen LogP contribution in [0.15, 0.2) is 52.9 Å². The molecule has 2 aromatic carbocycles. The summed E-state index contributed by atoms with van der Waals surface area (Å²) in [7, 11) is 0. The third kappa shape index (κ3) is 2.33. The van der Waals surface area contributed by atoms with Crippen molar-refractivity contribution in [3.8, 4) is 11.5 Å². The predicted octanol–water partition coefficient (Wildman–Crippen LogP) is 3.30. The highest BCUT2D eigenvalue weighted by Crippen LogP contribution is 2.27. The standard InChI is InChI=1S/C15H13NO3/c16-11-6-5-10-7-12(19-15(10)8-11)9-18-14-4-2-1-3-13(14)17/h1-8,17H,9,16H2. The molecule has 1 heterocycles. The number of hydrogen-bond acceptors (Lipinski definition) is 4. The Hall–Kier alpha value is -2.62. The highest BCUT2D eigenvalue weighted by Gasteiger charge is 2.06. The number of furan rings is 1. The molecule has 19 heavy (non-hydrogen) atoms. The average molecular weight is 255 g/mol. The van der Waals surface area contributed by atoms with E-state index in [2.05, 4.69) is 0 Å². The molecule has 0 unspecified atom stereocenters. The van der Waals surface area contributed by atoms with Crippen molar-refractivity contribution in [1.29, 1.82) is 0 Å². The summed E-state index contributed by atoms with van der Waals surface area (Å²) in [5.41, 5.74) is 7.09. The summed E-state index contributed by atoms with van der Waals surface area (Å²) in [6.07, 6.45) is 0. The summed E-state index contributed by atoms with van der Waals surface area (Å²) in [6, 6.07) is 14.2. The van der Waals surface area contributed by atoms with Gasteiger partial charge in [-0.2, -0.15) is 0 Å². The number of benzene rings is 2. The number of rotatable bonds is 3. The van der Waals surface area contributed by atoms with Crippen molar-refractivity contribution in [2.75, 3.05) is 5.73 Å². The molecular weight excluding hydrogens is 242 g/mol. The van der Waals surface area contributed by atoms with Crippen LogP contribution in [0.3, 0.4) is 0 Å². The lowest BCUT2D eigenvalue weighted by Gasteiger charge is -2.05. The van der Waals surface area contributed by atoms with E-state index in [1.54, 1.807) is 30.3 Å². The van der Waals surface area contributed by atoms with Crippen LogP contribution in [-0.4, -0.2) is 5.11 Å². The van der Waals surface area contributed by atoms with Gasteiger partial charge >= 0.3 is 0 Å². The van der Waals surface area contributed by atoms with E-state index in [4.69, 9.17) is 14.9 Å². The molecule has 4 heteroatoms. The van der Waals surface area contributed by atoms with Crippen molar-refractivity contribution in [2.24, 2.45) is 0 Å². The number of nitrogen functional groups attached to an aromatic ring is 1. The second-order valence-electron chi connectivity index (χ2n) is 4.27. The molecule has 0 aliphatic carbocycles. The highest BCUT2D eigenvalue weighted by atomic mass is 16.5. The van der Waals surface area contributed by atoms with Crippen LogP contribution in [0.25, 0.3) is 11.0 Å². The lowest BCUT2D eigenvalue weighted by Crippen LogP contribution is -1.93. The molecule has 4 nitrogen and oxygen atoms in total. The molecule has 0 amide bonds. The Balaban J connectivity index is 1.80. The van der Waals surface area contributed by atoms with Crippen LogP contribution in [-0.2, 0) is 6.61 Å². The second kappa shape index (κ2) is 4.57. The van der Waals surface area contributed by atoms with Crippen LogP contribution >= 0.6 is 0 Å². The molecule has 0 saturated heterocycles. The Morgan fingerprint density at radius 3 is 2.79 bits per heavy atom. The van der Waals surface area contributed by atoms with Crippen LogP contribution in [0.5, 0.6) is 11.5 Å². The average Bonchev–Trinajstić information content (AvgIpc) is 2.79. The lowest BCUT2D eigenvalue weighted by atomic mass is 10.2. The van der Waals surface area contributed by atoms with E-state index in [0.29, 0.717) is 17.2 Å². The first-order chi connectivity index (χ1) is 9.22. The molecule has 3 N–H and O–H groups in total. The van der Waals surface area contributed by atoms with Crippen molar-refractivity contribution in [2.45, 2.75) is 6.61 Å². The van der Waals surface area contributed by atoms with Crippen LogP contribution in [0.1, 0.15) is 5.76 Å². The number of phenolic OH excluding ortho intramolecular Hbond substituents is 1. The monoisotopic (exact) mass is 255 g/mol. The Morgan fingerprint density at radius 2 is 1.95 bits per heavy atom. The van der Waals surface area contributed by atoms with Gasteiger partial charge in [0, 0.05) is 17.1 Å². The Labute approximate surface area is 110 Å². The topological polar surface area (TPSA) is 68.6 Å². The summed E-state index contributed by atoms with van der Waals surface area (Å²) < 4.78 is 11.1. The van der Waals surface area contributed by atoms with E-state index in [0.717, 1.165) is 11.0 Å². The Morgan fingerprint density at radius 1 is 1.11 bits per heavy atom. The Bertz CT molecular complexity index is 718. The van der Waals surface area contributed by atoms with Gasteiger partial charge in [-0.25, -0.2) is 0 Å². The third-order valence-electron chi connectivity index (χ3n) is 2.83. The number of hydrogen-bond donors (Lipinski definition) is 2. The van der Waals surface area contributed by atoms with Crippen molar-refractivity contribution in [3.63, 3.8) is 0 Å². The van der Waals surface area contributed by atoms with Crippen molar-refractivity contribution >= 4 is 16.7 Å². The van der Waals surface area contributed by atoms with Gasteiger partial charge in [-0.05, 0) is 30.3 Å². The summed E-state index contributed by atoms with van der Waals surface area (Å²) in [5.74, 6) is 1.23. The van der Waals surface area contributed by atoms with Crippen molar-refractivity contribution < 1.29 is 14.3 Å². The van der Waals surface area contributed by atoms with Crippen molar-refractivity contribution in [1.82, 2.24) is 0 Å². The van der Waals surface area contributed by atoms with Gasteiger partial charge in [0.15, 0.2) is 11.5 Å². The van der Waals surface area contributed by atoms with Gasteiger partial charge in [0.05, 0.1) is 0 Å². The van der Waals surface area contributed by atoms with Gasteiger partial charge in [0.2, 0.25) is 0 Å². The van der Waals surface area contributed by atoms with Crippen molar-refractivity contribution in [3.05, 3.63) is 54.3 Å². The summed E-state index contributed by atoms with van der Waals surface area (Å²) in [6.45, 7) is 0.256.